The van der Waals surface area contributed by atoms with E-state index in [0.29, 0.717) is 11.9 Å². The van der Waals surface area contributed by atoms with Crippen LogP contribution in [0.4, 0.5) is 6.01 Å². The summed E-state index contributed by atoms with van der Waals surface area (Å²) in [5, 5.41) is 5.04. The summed E-state index contributed by atoms with van der Waals surface area (Å²) in [5.74, 6) is 0.0477. The molecule has 1 aromatic heterocycles. The smallest absolute Gasteiger partial charge is 0.300 e. The van der Waals surface area contributed by atoms with E-state index in [0.717, 1.165) is 6.54 Å². The second-order valence-electron chi connectivity index (χ2n) is 8.95. The molecule has 31 heavy (non-hydrogen) atoms. The number of nitrogens with one attached hydrogen (secondary N) is 1. The number of benzene rings is 2. The number of anilines is 1. The summed E-state index contributed by atoms with van der Waals surface area (Å²) in [6.45, 7) is 7.47. The maximum Gasteiger partial charge on any atom is 0.300 e. The molecule has 2 atom stereocenters. The second kappa shape index (κ2) is 8.68. The van der Waals surface area contributed by atoms with Crippen molar-refractivity contribution in [3.8, 4) is 0 Å². The van der Waals surface area contributed by atoms with Gasteiger partial charge < -0.3 is 19.1 Å². The van der Waals surface area contributed by atoms with E-state index in [1.165, 1.54) is 16.6 Å². The minimum absolute atomic E-state index is 0.0592. The van der Waals surface area contributed by atoms with E-state index in [1.54, 1.807) is 7.05 Å². The lowest BCUT2D eigenvalue weighted by Gasteiger charge is -2.53. The molecule has 6 nitrogen and oxygen atoms in total. The number of aromatic nitrogens is 1. The van der Waals surface area contributed by atoms with E-state index in [9.17, 15) is 4.79 Å². The average molecular weight is 436 g/mol. The van der Waals surface area contributed by atoms with Gasteiger partial charge in [-0.15, -0.1) is 0 Å². The molecular weight excluding hydrogens is 406 g/mol. The van der Waals surface area contributed by atoms with Gasteiger partial charge >= 0.3 is 0 Å². The Hall–Kier alpha value is -2.90. The molecule has 1 saturated heterocycles. The van der Waals surface area contributed by atoms with Crippen LogP contribution in [0.15, 0.2) is 71.3 Å². The zero-order valence-electron chi connectivity index (χ0n) is 18.4. The minimum atomic E-state index is -1.96. The quantitative estimate of drug-likeness (QED) is 0.602. The number of hydrogen-bond donors (Lipinski definition) is 1. The number of rotatable bonds is 6. The monoisotopic (exact) mass is 435 g/mol. The van der Waals surface area contributed by atoms with Crippen molar-refractivity contribution in [2.75, 3.05) is 18.5 Å². The zero-order valence-corrected chi connectivity index (χ0v) is 19.6. The van der Waals surface area contributed by atoms with Crippen molar-refractivity contribution in [2.24, 2.45) is 11.3 Å². The van der Waals surface area contributed by atoms with Gasteiger partial charge in [-0.25, -0.2) is 0 Å². The zero-order chi connectivity index (χ0) is 22.0. The molecule has 2 aromatic carbocycles. The molecule has 1 amide bonds. The number of carbonyl (C=O) groups is 1. The lowest BCUT2D eigenvalue weighted by molar-refractivity contribution is 0.000404. The van der Waals surface area contributed by atoms with Gasteiger partial charge in [0.15, 0.2) is 5.69 Å². The van der Waals surface area contributed by atoms with Crippen LogP contribution in [0.1, 0.15) is 31.3 Å². The summed E-state index contributed by atoms with van der Waals surface area (Å²) in [4.78, 5) is 18.4. The fraction of sp³-hybridized carbons (Fsp3) is 0.333. The third kappa shape index (κ3) is 4.43. The molecule has 0 aliphatic carbocycles. The van der Waals surface area contributed by atoms with Gasteiger partial charge in [0.2, 0.25) is 9.04 Å². The van der Waals surface area contributed by atoms with Crippen molar-refractivity contribution >= 4 is 31.3 Å². The first-order valence-corrected chi connectivity index (χ1v) is 12.2. The van der Waals surface area contributed by atoms with Crippen molar-refractivity contribution in [1.82, 2.24) is 10.3 Å². The van der Waals surface area contributed by atoms with Crippen LogP contribution in [0.5, 0.6) is 0 Å². The fourth-order valence-corrected chi connectivity index (χ4v) is 6.37. The Balaban J connectivity index is 1.66. The van der Waals surface area contributed by atoms with Crippen LogP contribution in [-0.4, -0.2) is 39.8 Å². The standard InChI is InChI=1S/C24H29N3O3Si/c1-24(2,3)19-15-27(23-26-20(16-29-23)21(28)25-4)22(19)30-31(17-11-7-5-8-12-17)18-13-9-6-10-14-18/h5-14,16,19,22,31H,15H2,1-4H3,(H,25,28). The molecule has 7 heteroatoms. The molecule has 2 heterocycles. The largest absolute Gasteiger partial charge is 0.431 e. The Morgan fingerprint density at radius 2 is 1.68 bits per heavy atom. The van der Waals surface area contributed by atoms with Crippen LogP contribution in [0.25, 0.3) is 0 Å². The van der Waals surface area contributed by atoms with Crippen LogP contribution in [0.3, 0.4) is 0 Å². The van der Waals surface area contributed by atoms with E-state index in [1.807, 2.05) is 17.0 Å². The molecule has 0 radical (unpaired) electrons. The molecular formula is C24H29N3O3Si. The van der Waals surface area contributed by atoms with Crippen molar-refractivity contribution in [2.45, 2.75) is 27.0 Å². The van der Waals surface area contributed by atoms with Gasteiger partial charge in [-0.05, 0) is 15.8 Å². The molecule has 1 fully saturated rings. The third-order valence-electron chi connectivity index (χ3n) is 5.83. The number of amides is 1. The highest BCUT2D eigenvalue weighted by Gasteiger charge is 2.49. The van der Waals surface area contributed by atoms with Crippen molar-refractivity contribution in [3.63, 3.8) is 0 Å². The molecule has 1 aliphatic heterocycles. The van der Waals surface area contributed by atoms with Crippen LogP contribution in [-0.2, 0) is 4.43 Å². The molecule has 1 N–H and O–H groups in total. The first-order valence-electron chi connectivity index (χ1n) is 10.6. The Labute approximate surface area is 185 Å². The predicted molar refractivity (Wildman–Crippen MR) is 124 cm³/mol. The second-order valence-corrected chi connectivity index (χ2v) is 11.3. The first-order chi connectivity index (χ1) is 14.9. The lowest BCUT2D eigenvalue weighted by Crippen LogP contribution is -2.65. The molecule has 0 spiro atoms. The SMILES string of the molecule is CNC(=O)c1coc(N2CC(C(C)(C)C)C2O[SiH](c2ccccc2)c2ccccc2)n1. The van der Waals surface area contributed by atoms with Crippen molar-refractivity contribution in [1.29, 1.82) is 0 Å². The third-order valence-corrected chi connectivity index (χ3v) is 8.37. The minimum Gasteiger partial charge on any atom is -0.431 e. The highest BCUT2D eigenvalue weighted by atomic mass is 28.3. The maximum atomic E-state index is 11.9. The molecule has 2 unspecified atom stereocenters. The predicted octanol–water partition coefficient (Wildman–Crippen LogP) is 2.40. The number of nitrogens with zero attached hydrogens (tertiary/aromatic N) is 2. The summed E-state index contributed by atoms with van der Waals surface area (Å²) >= 11 is 0. The molecule has 0 bridgehead atoms. The average Bonchev–Trinajstić information content (AvgIpc) is 3.22. The number of oxazole rings is 1. The van der Waals surface area contributed by atoms with Crippen LogP contribution in [0, 0.1) is 11.3 Å². The fourth-order valence-electron chi connectivity index (χ4n) is 3.92. The Bertz CT molecular complexity index is 978. The summed E-state index contributed by atoms with van der Waals surface area (Å²) in [5.41, 5.74) is 0.333. The Morgan fingerprint density at radius 3 is 2.19 bits per heavy atom. The highest BCUT2D eigenvalue weighted by Crippen LogP contribution is 2.42. The summed E-state index contributed by atoms with van der Waals surface area (Å²) in [7, 11) is -0.375. The van der Waals surface area contributed by atoms with E-state index < -0.39 is 9.04 Å². The Morgan fingerprint density at radius 1 is 1.10 bits per heavy atom. The van der Waals surface area contributed by atoms with E-state index in [2.05, 4.69) is 79.6 Å². The topological polar surface area (TPSA) is 67.6 Å². The normalized spacial score (nSPS) is 18.7. The van der Waals surface area contributed by atoms with Crippen LogP contribution >= 0.6 is 0 Å². The van der Waals surface area contributed by atoms with Gasteiger partial charge in [0, 0.05) is 19.5 Å². The summed E-state index contributed by atoms with van der Waals surface area (Å²) in [6, 6.07) is 21.3. The molecule has 4 rings (SSSR count). The molecule has 3 aromatic rings. The summed E-state index contributed by atoms with van der Waals surface area (Å²) in [6.07, 6.45) is 1.23. The number of carbonyl (C=O) groups excluding carboxylic acids is 1. The molecule has 1 aliphatic rings. The van der Waals surface area contributed by atoms with Gasteiger partial charge in [0.05, 0.1) is 0 Å². The van der Waals surface area contributed by atoms with Gasteiger partial charge in [-0.1, -0.05) is 81.4 Å². The molecule has 0 saturated carbocycles. The summed E-state index contributed by atoms with van der Waals surface area (Å²) < 4.78 is 12.6. The van der Waals surface area contributed by atoms with E-state index in [4.69, 9.17) is 8.84 Å². The number of hydrogen-bond acceptors (Lipinski definition) is 5. The maximum absolute atomic E-state index is 11.9. The lowest BCUT2D eigenvalue weighted by atomic mass is 9.74. The van der Waals surface area contributed by atoms with E-state index >= 15 is 0 Å². The van der Waals surface area contributed by atoms with Gasteiger partial charge in [-0.2, -0.15) is 4.98 Å². The first kappa shape index (κ1) is 21.3. The van der Waals surface area contributed by atoms with Gasteiger partial charge in [-0.3, -0.25) is 4.79 Å². The Kier molecular flexibility index (Phi) is 5.98. The van der Waals surface area contributed by atoms with Crippen LogP contribution < -0.4 is 20.6 Å². The van der Waals surface area contributed by atoms with E-state index in [-0.39, 0.29) is 23.2 Å². The van der Waals surface area contributed by atoms with Crippen LogP contribution in [0.2, 0.25) is 0 Å². The van der Waals surface area contributed by atoms with Gasteiger partial charge in [0.1, 0.15) is 12.5 Å². The molecule has 162 valence electrons. The van der Waals surface area contributed by atoms with Gasteiger partial charge in [0.25, 0.3) is 11.9 Å². The van der Waals surface area contributed by atoms with Crippen molar-refractivity contribution < 1.29 is 13.6 Å². The highest BCUT2D eigenvalue weighted by molar-refractivity contribution is 6.80. The van der Waals surface area contributed by atoms with Crippen molar-refractivity contribution in [3.05, 3.63) is 72.6 Å².